The zero-order valence-electron chi connectivity index (χ0n) is 29.4. The Kier molecular flexibility index (Phi) is 8.25. The average molecular weight is 711 g/mol. The van der Waals surface area contributed by atoms with E-state index in [1.54, 1.807) is 60.9 Å². The summed E-state index contributed by atoms with van der Waals surface area (Å²) in [5.74, 6) is 5.41. The summed E-state index contributed by atoms with van der Waals surface area (Å²) < 4.78 is 14.9. The topological polar surface area (TPSA) is 166 Å². The Morgan fingerprint density at radius 3 is 2.70 bits per heavy atom. The standard InChI is InChI=1S/C39H34N8O6/c1-21-14-24(35-42-19-30-38(44-35)52-13-12-47(30)25-15-22(2)34-29(17-25)45(3)39(51)46(34)4)18-41-33(21)37(50)40-11-5-6-23-7-9-31-27(16-23)28(20-53-31)26-8-10-32(48)43-36(26)49/h7,9,14-20,26H,8,10-13H2,1-4H3,(H,40,50)(H,43,48,49). The molecule has 6 heterocycles. The molecule has 0 bridgehead atoms. The van der Waals surface area contributed by atoms with Gasteiger partial charge < -0.3 is 19.4 Å². The molecule has 53 heavy (non-hydrogen) atoms. The van der Waals surface area contributed by atoms with Gasteiger partial charge in [0.05, 0.1) is 42.5 Å². The molecule has 1 saturated heterocycles. The van der Waals surface area contributed by atoms with Gasteiger partial charge in [-0.3, -0.25) is 33.8 Å². The van der Waals surface area contributed by atoms with Crippen LogP contribution in [0.25, 0.3) is 33.4 Å². The van der Waals surface area contributed by atoms with Crippen molar-refractivity contribution in [2.45, 2.75) is 32.6 Å². The molecule has 1 fully saturated rings. The Labute approximate surface area is 302 Å². The van der Waals surface area contributed by atoms with Gasteiger partial charge in [0.25, 0.3) is 5.91 Å². The maximum absolute atomic E-state index is 13.1. The van der Waals surface area contributed by atoms with E-state index in [0.717, 1.165) is 27.7 Å². The van der Waals surface area contributed by atoms with Crippen LogP contribution in [0.5, 0.6) is 5.88 Å². The Balaban J connectivity index is 0.954. The number of hydrogen-bond acceptors (Lipinski definition) is 10. The van der Waals surface area contributed by atoms with Crippen LogP contribution in [0.1, 0.15) is 51.5 Å². The van der Waals surface area contributed by atoms with Crippen molar-refractivity contribution in [2.24, 2.45) is 14.1 Å². The second-order valence-corrected chi connectivity index (χ2v) is 13.2. The molecule has 14 heteroatoms. The quantitative estimate of drug-likeness (QED) is 0.198. The van der Waals surface area contributed by atoms with Crippen LogP contribution in [-0.2, 0) is 23.7 Å². The molecule has 0 radical (unpaired) electrons. The minimum atomic E-state index is -0.471. The number of amides is 3. The number of carbonyl (C=O) groups excluding carboxylic acids is 3. The van der Waals surface area contributed by atoms with E-state index in [9.17, 15) is 19.2 Å². The monoisotopic (exact) mass is 710 g/mol. The summed E-state index contributed by atoms with van der Waals surface area (Å²) in [5.41, 5.74) is 7.80. The molecular weight excluding hydrogens is 676 g/mol. The third kappa shape index (κ3) is 5.95. The van der Waals surface area contributed by atoms with Crippen LogP contribution in [0.4, 0.5) is 11.4 Å². The minimum absolute atomic E-state index is 0.0823. The SMILES string of the molecule is Cc1cc(-c2ncc3c(n2)OCCN3c2cc(C)c3c(c2)n(C)c(=O)n3C)cnc1C(=O)NCC#Cc1ccc2occ(C3CCC(=O)NC3=O)c2c1. The highest BCUT2D eigenvalue weighted by atomic mass is 16.5. The largest absolute Gasteiger partial charge is 0.474 e. The Morgan fingerprint density at radius 1 is 1.04 bits per heavy atom. The summed E-state index contributed by atoms with van der Waals surface area (Å²) in [7, 11) is 3.54. The molecule has 6 aromatic rings. The number of aromatic nitrogens is 5. The number of fused-ring (bicyclic) bond motifs is 3. The molecule has 2 aliphatic heterocycles. The maximum Gasteiger partial charge on any atom is 0.328 e. The van der Waals surface area contributed by atoms with Gasteiger partial charge in [0.1, 0.15) is 23.6 Å². The van der Waals surface area contributed by atoms with Gasteiger partial charge in [-0.15, -0.1) is 0 Å². The van der Waals surface area contributed by atoms with Crippen LogP contribution in [0.2, 0.25) is 0 Å². The van der Waals surface area contributed by atoms with Crippen molar-refractivity contribution in [1.82, 2.24) is 34.7 Å². The summed E-state index contributed by atoms with van der Waals surface area (Å²) in [6.45, 7) is 4.87. The Morgan fingerprint density at radius 2 is 1.89 bits per heavy atom. The molecule has 4 aromatic heterocycles. The van der Waals surface area contributed by atoms with Gasteiger partial charge in [0.2, 0.25) is 17.7 Å². The number of pyridine rings is 1. The predicted molar refractivity (Wildman–Crippen MR) is 196 cm³/mol. The zero-order valence-corrected chi connectivity index (χ0v) is 29.4. The molecule has 8 rings (SSSR count). The van der Waals surface area contributed by atoms with Gasteiger partial charge >= 0.3 is 5.69 Å². The highest BCUT2D eigenvalue weighted by molar-refractivity contribution is 6.03. The number of nitrogens with one attached hydrogen (secondary N) is 2. The van der Waals surface area contributed by atoms with Gasteiger partial charge in [-0.05, 0) is 67.8 Å². The molecular formula is C39H34N8O6. The molecule has 0 saturated carbocycles. The minimum Gasteiger partial charge on any atom is -0.474 e. The summed E-state index contributed by atoms with van der Waals surface area (Å²) in [6, 6.07) is 11.3. The first-order valence-corrected chi connectivity index (χ1v) is 17.1. The Hall–Kier alpha value is -6.75. The number of carbonyl (C=O) groups is 3. The molecule has 3 amide bonds. The van der Waals surface area contributed by atoms with E-state index in [0.29, 0.717) is 64.8 Å². The van der Waals surface area contributed by atoms with Crippen molar-refractivity contribution < 1.29 is 23.5 Å². The lowest BCUT2D eigenvalue weighted by molar-refractivity contribution is -0.134. The fourth-order valence-electron chi connectivity index (χ4n) is 7.10. The molecule has 0 aliphatic carbocycles. The predicted octanol–water partition coefficient (Wildman–Crippen LogP) is 3.92. The number of imidazole rings is 1. The number of piperidine rings is 1. The van der Waals surface area contributed by atoms with Gasteiger partial charge in [-0.25, -0.2) is 9.78 Å². The molecule has 2 N–H and O–H groups in total. The number of aryl methyl sites for hydroxylation is 4. The van der Waals surface area contributed by atoms with Crippen molar-refractivity contribution in [2.75, 3.05) is 24.6 Å². The zero-order chi connectivity index (χ0) is 37.0. The summed E-state index contributed by atoms with van der Waals surface area (Å²) >= 11 is 0. The summed E-state index contributed by atoms with van der Waals surface area (Å²) in [5, 5.41) is 5.95. The van der Waals surface area contributed by atoms with Crippen molar-refractivity contribution in [3.8, 4) is 29.1 Å². The van der Waals surface area contributed by atoms with E-state index in [-0.39, 0.29) is 42.1 Å². The lowest BCUT2D eigenvalue weighted by Crippen LogP contribution is -2.39. The normalized spacial score (nSPS) is 15.5. The van der Waals surface area contributed by atoms with Crippen LogP contribution in [0.3, 0.4) is 0 Å². The number of anilines is 2. The smallest absolute Gasteiger partial charge is 0.328 e. The van der Waals surface area contributed by atoms with E-state index in [2.05, 4.69) is 43.4 Å². The molecule has 266 valence electrons. The molecule has 2 aliphatic rings. The second-order valence-electron chi connectivity index (χ2n) is 13.2. The lowest BCUT2D eigenvalue weighted by atomic mass is 9.90. The number of imide groups is 1. The third-order valence-corrected chi connectivity index (χ3v) is 9.77. The molecule has 1 atom stereocenters. The average Bonchev–Trinajstić information content (AvgIpc) is 3.66. The first kappa shape index (κ1) is 33.4. The fraction of sp³-hybridized carbons (Fsp3) is 0.256. The molecule has 1 unspecified atom stereocenters. The number of furan rings is 1. The van der Waals surface area contributed by atoms with E-state index < -0.39 is 5.92 Å². The van der Waals surface area contributed by atoms with Crippen molar-refractivity contribution in [3.63, 3.8) is 0 Å². The summed E-state index contributed by atoms with van der Waals surface area (Å²) in [4.78, 5) is 65.5. The van der Waals surface area contributed by atoms with E-state index in [1.165, 1.54) is 0 Å². The van der Waals surface area contributed by atoms with Gasteiger partial charge in [0.15, 0.2) is 5.82 Å². The van der Waals surface area contributed by atoms with Gasteiger partial charge in [0, 0.05) is 54.5 Å². The van der Waals surface area contributed by atoms with E-state index in [1.807, 2.05) is 25.1 Å². The van der Waals surface area contributed by atoms with Crippen LogP contribution in [0.15, 0.2) is 64.3 Å². The van der Waals surface area contributed by atoms with Crippen LogP contribution in [0, 0.1) is 25.7 Å². The Bertz CT molecular complexity index is 2640. The van der Waals surface area contributed by atoms with E-state index >= 15 is 0 Å². The molecule has 0 spiro atoms. The van der Waals surface area contributed by atoms with E-state index in [4.69, 9.17) is 14.1 Å². The van der Waals surface area contributed by atoms with Crippen molar-refractivity contribution >= 4 is 51.1 Å². The van der Waals surface area contributed by atoms with Gasteiger partial charge in [-0.1, -0.05) is 11.8 Å². The van der Waals surface area contributed by atoms with Gasteiger partial charge in [-0.2, -0.15) is 4.98 Å². The highest BCUT2D eigenvalue weighted by Crippen LogP contribution is 2.38. The molecule has 14 nitrogen and oxygen atoms in total. The lowest BCUT2D eigenvalue weighted by Gasteiger charge is -2.30. The summed E-state index contributed by atoms with van der Waals surface area (Å²) in [6.07, 6.45) is 5.52. The number of hydrogen-bond donors (Lipinski definition) is 2. The number of nitrogens with zero attached hydrogens (tertiary/aromatic N) is 6. The van der Waals surface area contributed by atoms with Crippen LogP contribution < -0.4 is 26.0 Å². The molecule has 2 aromatic carbocycles. The number of benzene rings is 2. The fourth-order valence-corrected chi connectivity index (χ4v) is 7.10. The second kappa shape index (κ2) is 13.1. The maximum atomic E-state index is 13.1. The first-order chi connectivity index (χ1) is 25.6. The number of rotatable bonds is 5. The van der Waals surface area contributed by atoms with Crippen molar-refractivity contribution in [1.29, 1.82) is 0 Å². The third-order valence-electron chi connectivity index (χ3n) is 9.77. The highest BCUT2D eigenvalue weighted by Gasteiger charge is 2.30. The van der Waals surface area contributed by atoms with Crippen LogP contribution in [-0.4, -0.2) is 61.5 Å². The van der Waals surface area contributed by atoms with Crippen LogP contribution >= 0.6 is 0 Å². The number of ether oxygens (including phenoxy) is 1. The first-order valence-electron chi connectivity index (χ1n) is 17.1. The van der Waals surface area contributed by atoms with Crippen molar-refractivity contribution in [3.05, 3.63) is 93.5 Å².